The highest BCUT2D eigenvalue weighted by Gasteiger charge is 2.13. The van der Waals surface area contributed by atoms with Gasteiger partial charge in [0.25, 0.3) is 0 Å². The van der Waals surface area contributed by atoms with E-state index in [1.165, 1.54) is 0 Å². The number of aromatic carboxylic acids is 1. The average Bonchev–Trinajstić information content (AvgIpc) is 2.34. The number of carboxylic acids is 1. The highest BCUT2D eigenvalue weighted by Crippen LogP contribution is 2.17. The molecule has 0 fully saturated rings. The van der Waals surface area contributed by atoms with Crippen LogP contribution < -0.4 is 16.4 Å². The zero-order valence-corrected chi connectivity index (χ0v) is 10.2. The fraction of sp³-hybridized carbons (Fsp3) is 0.182. The van der Waals surface area contributed by atoms with Crippen molar-refractivity contribution >= 4 is 23.8 Å². The van der Waals surface area contributed by atoms with Crippen molar-refractivity contribution in [2.45, 2.75) is 0 Å². The molecule has 0 atom stereocenters. The Bertz CT molecular complexity index is 535. The van der Waals surface area contributed by atoms with E-state index in [1.807, 2.05) is 0 Å². The van der Waals surface area contributed by atoms with E-state index in [9.17, 15) is 18.8 Å². The molecule has 9 heteroatoms. The van der Waals surface area contributed by atoms with Crippen LogP contribution in [0.2, 0.25) is 0 Å². The van der Waals surface area contributed by atoms with E-state index in [1.54, 1.807) is 0 Å². The number of nitrogens with two attached hydrogens (primary N) is 1. The fourth-order valence-electron chi connectivity index (χ4n) is 1.29. The van der Waals surface area contributed by atoms with Crippen molar-refractivity contribution in [3.05, 3.63) is 29.6 Å². The van der Waals surface area contributed by atoms with Crippen molar-refractivity contribution in [3.8, 4) is 0 Å². The van der Waals surface area contributed by atoms with Gasteiger partial charge in [-0.2, -0.15) is 0 Å². The summed E-state index contributed by atoms with van der Waals surface area (Å²) >= 11 is 0. The molecule has 0 aromatic heterocycles. The minimum atomic E-state index is -1.31. The van der Waals surface area contributed by atoms with Crippen LogP contribution in [0.5, 0.6) is 0 Å². The lowest BCUT2D eigenvalue weighted by Crippen LogP contribution is -2.33. The summed E-state index contributed by atoms with van der Waals surface area (Å²) in [5.41, 5.74) is 4.26. The lowest BCUT2D eigenvalue weighted by molar-refractivity contribution is 0.0698. The van der Waals surface area contributed by atoms with Gasteiger partial charge in [0.05, 0.1) is 17.8 Å². The molecule has 20 heavy (non-hydrogen) atoms. The second-order valence-electron chi connectivity index (χ2n) is 3.54. The van der Waals surface area contributed by atoms with Gasteiger partial charge >= 0.3 is 18.1 Å². The Labute approximate surface area is 112 Å². The van der Waals surface area contributed by atoms with Crippen LogP contribution in [-0.4, -0.2) is 36.4 Å². The number of carbonyl (C=O) groups excluding carboxylic acids is 2. The monoisotopic (exact) mass is 285 g/mol. The molecule has 0 aliphatic carbocycles. The van der Waals surface area contributed by atoms with Crippen molar-refractivity contribution < 1.29 is 28.6 Å². The number of carbonyl (C=O) groups is 3. The van der Waals surface area contributed by atoms with Crippen molar-refractivity contribution in [3.63, 3.8) is 0 Å². The summed E-state index contributed by atoms with van der Waals surface area (Å²) < 4.78 is 17.4. The molecule has 0 radical (unpaired) electrons. The summed E-state index contributed by atoms with van der Waals surface area (Å²) in [7, 11) is 0. The van der Waals surface area contributed by atoms with Gasteiger partial charge in [-0.05, 0) is 18.2 Å². The number of anilines is 1. The first-order valence-electron chi connectivity index (χ1n) is 5.40. The van der Waals surface area contributed by atoms with E-state index >= 15 is 0 Å². The van der Waals surface area contributed by atoms with E-state index in [4.69, 9.17) is 10.8 Å². The molecule has 0 unspecified atom stereocenters. The van der Waals surface area contributed by atoms with Gasteiger partial charge in [0.1, 0.15) is 12.4 Å². The molecule has 0 aliphatic heterocycles. The number of hydrogen-bond acceptors (Lipinski definition) is 4. The van der Waals surface area contributed by atoms with Crippen molar-refractivity contribution in [2.75, 3.05) is 18.5 Å². The van der Waals surface area contributed by atoms with Crippen LogP contribution in [0.1, 0.15) is 10.4 Å². The summed E-state index contributed by atoms with van der Waals surface area (Å²) in [6.07, 6.45) is -0.981. The number of benzene rings is 1. The lowest BCUT2D eigenvalue weighted by Gasteiger charge is -2.10. The zero-order chi connectivity index (χ0) is 15.1. The Morgan fingerprint density at radius 3 is 2.65 bits per heavy atom. The number of amides is 3. The van der Waals surface area contributed by atoms with Gasteiger partial charge in [0, 0.05) is 0 Å². The molecule has 0 bridgehead atoms. The van der Waals surface area contributed by atoms with Crippen molar-refractivity contribution in [1.82, 2.24) is 5.32 Å². The number of carboxylic acid groups (broad SMARTS) is 1. The largest absolute Gasteiger partial charge is 0.478 e. The molecule has 8 nitrogen and oxygen atoms in total. The van der Waals surface area contributed by atoms with Crippen LogP contribution in [0.4, 0.5) is 19.7 Å². The molecule has 3 amide bonds. The molecule has 0 saturated heterocycles. The van der Waals surface area contributed by atoms with Gasteiger partial charge in [-0.1, -0.05) is 0 Å². The molecule has 0 heterocycles. The summed E-state index contributed by atoms with van der Waals surface area (Å²) in [5, 5.41) is 13.3. The van der Waals surface area contributed by atoms with Gasteiger partial charge < -0.3 is 26.2 Å². The Balaban J connectivity index is 2.59. The predicted octanol–water partition coefficient (Wildman–Crippen LogP) is 0.741. The van der Waals surface area contributed by atoms with Crippen LogP contribution in [0.25, 0.3) is 0 Å². The molecule has 1 aromatic carbocycles. The van der Waals surface area contributed by atoms with Crippen molar-refractivity contribution in [2.24, 2.45) is 5.73 Å². The standard InChI is InChI=1S/C11H12FN3O5/c12-6-1-2-7(9(16)17)8(5-6)15-11(19)14-3-4-20-10(13)18/h1-2,5H,3-4H2,(H2,13,18)(H,16,17)(H2,14,15,19). The molecule has 0 spiro atoms. The van der Waals surface area contributed by atoms with Crippen LogP contribution in [0.3, 0.4) is 0 Å². The maximum atomic E-state index is 13.0. The Morgan fingerprint density at radius 1 is 1.35 bits per heavy atom. The highest BCUT2D eigenvalue weighted by atomic mass is 19.1. The second kappa shape index (κ2) is 6.92. The molecular weight excluding hydrogens is 273 g/mol. The third kappa shape index (κ3) is 4.80. The van der Waals surface area contributed by atoms with Gasteiger partial charge in [-0.3, -0.25) is 0 Å². The molecule has 5 N–H and O–H groups in total. The summed E-state index contributed by atoms with van der Waals surface area (Å²) in [6.45, 7) is -0.176. The second-order valence-corrected chi connectivity index (χ2v) is 3.54. The van der Waals surface area contributed by atoms with Crippen LogP contribution in [-0.2, 0) is 4.74 Å². The van der Waals surface area contributed by atoms with E-state index in [0.29, 0.717) is 0 Å². The third-order valence-electron chi connectivity index (χ3n) is 2.09. The predicted molar refractivity (Wildman–Crippen MR) is 65.9 cm³/mol. The first-order chi connectivity index (χ1) is 9.40. The first-order valence-corrected chi connectivity index (χ1v) is 5.40. The topological polar surface area (TPSA) is 131 Å². The van der Waals surface area contributed by atoms with Gasteiger partial charge in [-0.15, -0.1) is 0 Å². The summed E-state index contributed by atoms with van der Waals surface area (Å²) in [4.78, 5) is 32.6. The van der Waals surface area contributed by atoms with Gasteiger partial charge in [0.2, 0.25) is 0 Å². The quantitative estimate of drug-likeness (QED) is 0.593. The van der Waals surface area contributed by atoms with Crippen molar-refractivity contribution in [1.29, 1.82) is 0 Å². The highest BCUT2D eigenvalue weighted by molar-refractivity contribution is 5.99. The maximum Gasteiger partial charge on any atom is 0.404 e. The number of urea groups is 1. The smallest absolute Gasteiger partial charge is 0.404 e. The molecule has 108 valence electrons. The Kier molecular flexibility index (Phi) is 5.27. The van der Waals surface area contributed by atoms with E-state index in [2.05, 4.69) is 15.4 Å². The molecular formula is C11H12FN3O5. The Hall–Kier alpha value is -2.84. The van der Waals surface area contributed by atoms with Crippen LogP contribution in [0.15, 0.2) is 18.2 Å². The molecule has 0 saturated carbocycles. The van der Waals surface area contributed by atoms with Gasteiger partial charge in [-0.25, -0.2) is 18.8 Å². The van der Waals surface area contributed by atoms with Crippen LogP contribution in [0, 0.1) is 5.82 Å². The minimum Gasteiger partial charge on any atom is -0.478 e. The first kappa shape index (κ1) is 15.2. The SMILES string of the molecule is NC(=O)OCCNC(=O)Nc1cc(F)ccc1C(=O)O. The number of ether oxygens (including phenoxy) is 1. The lowest BCUT2D eigenvalue weighted by atomic mass is 10.2. The van der Waals surface area contributed by atoms with E-state index in [-0.39, 0.29) is 24.4 Å². The fourth-order valence-corrected chi connectivity index (χ4v) is 1.29. The molecule has 1 aromatic rings. The number of primary amides is 1. The van der Waals surface area contributed by atoms with Gasteiger partial charge in [0.15, 0.2) is 0 Å². The molecule has 0 aliphatic rings. The summed E-state index contributed by atoms with van der Waals surface area (Å²) in [6, 6.07) is 2.10. The van der Waals surface area contributed by atoms with Crippen LogP contribution >= 0.6 is 0 Å². The Morgan fingerprint density at radius 2 is 2.05 bits per heavy atom. The average molecular weight is 285 g/mol. The molecule has 1 rings (SSSR count). The third-order valence-corrected chi connectivity index (χ3v) is 2.09. The summed E-state index contributed by atoms with van der Waals surface area (Å²) in [5.74, 6) is -2.00. The number of hydrogen-bond donors (Lipinski definition) is 4. The van der Waals surface area contributed by atoms with E-state index in [0.717, 1.165) is 18.2 Å². The number of halogens is 1. The number of nitrogens with one attached hydrogen (secondary N) is 2. The maximum absolute atomic E-state index is 13.0. The minimum absolute atomic E-state index is 0.0352. The zero-order valence-electron chi connectivity index (χ0n) is 10.2. The number of rotatable bonds is 5. The normalized spacial score (nSPS) is 9.65. The van der Waals surface area contributed by atoms with E-state index < -0.39 is 23.9 Å².